The van der Waals surface area contributed by atoms with Gasteiger partial charge in [0.1, 0.15) is 5.75 Å². The Bertz CT molecular complexity index is 730. The number of hydrogen-bond acceptors (Lipinski definition) is 5. The maximum atomic E-state index is 12.3. The van der Waals surface area contributed by atoms with Crippen molar-refractivity contribution in [1.29, 1.82) is 0 Å². The quantitative estimate of drug-likeness (QED) is 0.598. The number of nitrogens with one attached hydrogen (secondary N) is 1. The highest BCUT2D eigenvalue weighted by atomic mass is 32.2. The fourth-order valence-electron chi connectivity index (χ4n) is 2.09. The zero-order valence-corrected chi connectivity index (χ0v) is 15.3. The fourth-order valence-corrected chi connectivity index (χ4v) is 2.50. The molecule has 0 aromatic heterocycles. The predicted octanol–water partition coefficient (Wildman–Crippen LogP) is 3.99. The Morgan fingerprint density at radius 2 is 1.80 bits per heavy atom. The molecule has 2 aromatic carbocycles. The second-order valence-electron chi connectivity index (χ2n) is 5.19. The van der Waals surface area contributed by atoms with Gasteiger partial charge in [0.25, 0.3) is 5.91 Å². The van der Waals surface area contributed by atoms with E-state index in [4.69, 9.17) is 9.47 Å². The van der Waals surface area contributed by atoms with Gasteiger partial charge in [0.15, 0.2) is 6.10 Å². The van der Waals surface area contributed by atoms with Crippen LogP contribution >= 0.6 is 11.8 Å². The van der Waals surface area contributed by atoms with Gasteiger partial charge in [-0.15, -0.1) is 11.8 Å². The van der Waals surface area contributed by atoms with Gasteiger partial charge in [-0.3, -0.25) is 4.79 Å². The van der Waals surface area contributed by atoms with Gasteiger partial charge < -0.3 is 14.8 Å². The zero-order chi connectivity index (χ0) is 18.2. The number of esters is 1. The third kappa shape index (κ3) is 5.26. The standard InChI is InChI=1S/C19H21NO4S/c1-4-23-17-8-6-5-7-16(17)20-18(21)13(2)24-19(22)14-9-11-15(25-3)12-10-14/h5-13H,4H2,1-3H3,(H,20,21)/t13-/m1/s1. The van der Waals surface area contributed by atoms with Gasteiger partial charge in [0.2, 0.25) is 0 Å². The van der Waals surface area contributed by atoms with E-state index in [0.717, 1.165) is 4.90 Å². The first-order valence-electron chi connectivity index (χ1n) is 7.93. The second kappa shape index (κ2) is 9.13. The van der Waals surface area contributed by atoms with Crippen LogP contribution in [0.15, 0.2) is 53.4 Å². The Labute approximate surface area is 151 Å². The summed E-state index contributed by atoms with van der Waals surface area (Å²) >= 11 is 1.59. The lowest BCUT2D eigenvalue weighted by Gasteiger charge is -2.15. The van der Waals surface area contributed by atoms with Crippen molar-refractivity contribution in [2.75, 3.05) is 18.2 Å². The van der Waals surface area contributed by atoms with E-state index in [1.807, 2.05) is 31.4 Å². The number of amides is 1. The molecule has 0 heterocycles. The van der Waals surface area contributed by atoms with Crippen molar-refractivity contribution in [2.45, 2.75) is 24.8 Å². The fraction of sp³-hybridized carbons (Fsp3) is 0.263. The molecule has 1 amide bonds. The van der Waals surface area contributed by atoms with Crippen molar-refractivity contribution < 1.29 is 19.1 Å². The maximum absolute atomic E-state index is 12.3. The lowest BCUT2D eigenvalue weighted by Crippen LogP contribution is -2.30. The Kier molecular flexibility index (Phi) is 6.89. The third-order valence-corrected chi connectivity index (χ3v) is 4.17. The van der Waals surface area contributed by atoms with Crippen LogP contribution in [0.3, 0.4) is 0 Å². The van der Waals surface area contributed by atoms with Crippen LogP contribution in [-0.4, -0.2) is 30.8 Å². The Balaban J connectivity index is 1.98. The Hall–Kier alpha value is -2.47. The molecule has 0 fully saturated rings. The number of para-hydroxylation sites is 2. The van der Waals surface area contributed by atoms with Crippen molar-refractivity contribution in [3.63, 3.8) is 0 Å². The smallest absolute Gasteiger partial charge is 0.338 e. The molecule has 0 aliphatic heterocycles. The van der Waals surface area contributed by atoms with E-state index < -0.39 is 18.0 Å². The van der Waals surface area contributed by atoms with Crippen molar-refractivity contribution >= 4 is 29.3 Å². The number of benzene rings is 2. The van der Waals surface area contributed by atoms with Crippen molar-refractivity contribution in [1.82, 2.24) is 0 Å². The third-order valence-electron chi connectivity index (χ3n) is 3.42. The molecule has 1 N–H and O–H groups in total. The number of hydrogen-bond donors (Lipinski definition) is 1. The summed E-state index contributed by atoms with van der Waals surface area (Å²) in [6, 6.07) is 14.2. The number of carbonyl (C=O) groups is 2. The van der Waals surface area contributed by atoms with Crippen LogP contribution < -0.4 is 10.1 Å². The van der Waals surface area contributed by atoms with Crippen LogP contribution in [0, 0.1) is 0 Å². The first-order valence-corrected chi connectivity index (χ1v) is 9.15. The summed E-state index contributed by atoms with van der Waals surface area (Å²) in [5.74, 6) is -0.376. The SMILES string of the molecule is CCOc1ccccc1NC(=O)[C@@H](C)OC(=O)c1ccc(SC)cc1. The molecule has 6 heteroatoms. The molecule has 0 aliphatic rings. The first kappa shape index (κ1) is 18.9. The minimum atomic E-state index is -0.928. The molecule has 0 radical (unpaired) electrons. The number of anilines is 1. The molecule has 0 unspecified atom stereocenters. The lowest BCUT2D eigenvalue weighted by atomic mass is 10.2. The Morgan fingerprint density at radius 1 is 1.12 bits per heavy atom. The average Bonchev–Trinajstić information content (AvgIpc) is 2.63. The van der Waals surface area contributed by atoms with Crippen LogP contribution in [-0.2, 0) is 9.53 Å². The number of rotatable bonds is 7. The van der Waals surface area contributed by atoms with Crippen LogP contribution in [0.25, 0.3) is 0 Å². The summed E-state index contributed by atoms with van der Waals surface area (Å²) < 4.78 is 10.7. The molecule has 0 saturated carbocycles. The Morgan fingerprint density at radius 3 is 2.44 bits per heavy atom. The minimum absolute atomic E-state index is 0.409. The summed E-state index contributed by atoms with van der Waals surface area (Å²) in [6.45, 7) is 3.89. The van der Waals surface area contributed by atoms with Crippen molar-refractivity contribution in [3.8, 4) is 5.75 Å². The largest absolute Gasteiger partial charge is 0.492 e. The second-order valence-corrected chi connectivity index (χ2v) is 6.07. The highest BCUT2D eigenvalue weighted by Crippen LogP contribution is 2.24. The lowest BCUT2D eigenvalue weighted by molar-refractivity contribution is -0.123. The maximum Gasteiger partial charge on any atom is 0.338 e. The number of ether oxygens (including phenoxy) is 2. The van der Waals surface area contributed by atoms with Crippen LogP contribution in [0.5, 0.6) is 5.75 Å². The highest BCUT2D eigenvalue weighted by molar-refractivity contribution is 7.98. The molecule has 5 nitrogen and oxygen atoms in total. The van der Waals surface area contributed by atoms with Gasteiger partial charge in [0.05, 0.1) is 17.9 Å². The van der Waals surface area contributed by atoms with E-state index in [1.54, 1.807) is 42.1 Å². The monoisotopic (exact) mass is 359 g/mol. The number of carbonyl (C=O) groups excluding carboxylic acids is 2. The van der Waals surface area contributed by atoms with E-state index >= 15 is 0 Å². The van der Waals surface area contributed by atoms with Gasteiger partial charge in [-0.1, -0.05) is 12.1 Å². The molecule has 0 aliphatic carbocycles. The summed E-state index contributed by atoms with van der Waals surface area (Å²) in [5, 5.41) is 2.73. The molecule has 132 valence electrons. The van der Waals surface area contributed by atoms with E-state index in [-0.39, 0.29) is 0 Å². The molecule has 25 heavy (non-hydrogen) atoms. The molecule has 0 spiro atoms. The van der Waals surface area contributed by atoms with E-state index in [2.05, 4.69) is 5.32 Å². The van der Waals surface area contributed by atoms with E-state index in [9.17, 15) is 9.59 Å². The van der Waals surface area contributed by atoms with Crippen molar-refractivity contribution in [3.05, 3.63) is 54.1 Å². The van der Waals surface area contributed by atoms with Crippen LogP contribution in [0.1, 0.15) is 24.2 Å². The zero-order valence-electron chi connectivity index (χ0n) is 14.4. The van der Waals surface area contributed by atoms with Crippen LogP contribution in [0.2, 0.25) is 0 Å². The van der Waals surface area contributed by atoms with Gasteiger partial charge in [-0.05, 0) is 56.5 Å². The molecule has 0 bridgehead atoms. The van der Waals surface area contributed by atoms with Gasteiger partial charge in [-0.25, -0.2) is 4.79 Å². The molecule has 2 aromatic rings. The molecular formula is C19H21NO4S. The summed E-state index contributed by atoms with van der Waals surface area (Å²) in [5.41, 5.74) is 0.953. The predicted molar refractivity (Wildman–Crippen MR) is 99.3 cm³/mol. The minimum Gasteiger partial charge on any atom is -0.492 e. The van der Waals surface area contributed by atoms with Gasteiger partial charge in [0, 0.05) is 4.90 Å². The van der Waals surface area contributed by atoms with Crippen molar-refractivity contribution in [2.24, 2.45) is 0 Å². The normalized spacial score (nSPS) is 11.5. The van der Waals surface area contributed by atoms with E-state index in [1.165, 1.54) is 6.92 Å². The van der Waals surface area contributed by atoms with Gasteiger partial charge in [-0.2, -0.15) is 0 Å². The highest BCUT2D eigenvalue weighted by Gasteiger charge is 2.20. The topological polar surface area (TPSA) is 64.6 Å². The summed E-state index contributed by atoms with van der Waals surface area (Å²) in [6.07, 6.45) is 1.03. The van der Waals surface area contributed by atoms with E-state index in [0.29, 0.717) is 23.6 Å². The first-order chi connectivity index (χ1) is 12.0. The molecule has 2 rings (SSSR count). The van der Waals surface area contributed by atoms with Crippen LogP contribution in [0.4, 0.5) is 5.69 Å². The number of thioether (sulfide) groups is 1. The molecule has 0 saturated heterocycles. The molecule has 1 atom stereocenters. The summed E-state index contributed by atoms with van der Waals surface area (Å²) in [4.78, 5) is 25.5. The summed E-state index contributed by atoms with van der Waals surface area (Å²) in [7, 11) is 0. The average molecular weight is 359 g/mol. The van der Waals surface area contributed by atoms with Gasteiger partial charge >= 0.3 is 5.97 Å². The molecular weight excluding hydrogens is 338 g/mol.